The van der Waals surface area contributed by atoms with Crippen molar-refractivity contribution in [3.8, 4) is 5.75 Å². The van der Waals surface area contributed by atoms with Crippen molar-refractivity contribution in [2.45, 2.75) is 33.5 Å². The number of nitrogens with one attached hydrogen (secondary N) is 2. The number of aliphatic imine (C=N–C) groups is 1. The van der Waals surface area contributed by atoms with Crippen molar-refractivity contribution in [3.05, 3.63) is 45.9 Å². The van der Waals surface area contributed by atoms with Crippen LogP contribution in [-0.4, -0.2) is 24.1 Å². The molecule has 1 heterocycles. The summed E-state index contributed by atoms with van der Waals surface area (Å²) in [5, 5.41) is 7.32. The van der Waals surface area contributed by atoms with Crippen LogP contribution in [-0.2, 0) is 13.1 Å². The molecule has 0 aliphatic heterocycles. The first kappa shape index (κ1) is 21.6. The summed E-state index contributed by atoms with van der Waals surface area (Å²) in [5.41, 5.74) is 0.787. The Bertz CT molecular complexity index is 682. The summed E-state index contributed by atoms with van der Waals surface area (Å²) >= 11 is 1.63. The lowest BCUT2D eigenvalue weighted by Gasteiger charge is -2.10. The van der Waals surface area contributed by atoms with Crippen LogP contribution in [0.25, 0.3) is 0 Å². The van der Waals surface area contributed by atoms with E-state index in [-0.39, 0.29) is 29.7 Å². The van der Waals surface area contributed by atoms with Gasteiger partial charge in [0.15, 0.2) is 5.96 Å². The molecule has 1 aromatic heterocycles. The number of ether oxygens (including phenoxy) is 1. The zero-order chi connectivity index (χ0) is 17.4. The van der Waals surface area contributed by atoms with Gasteiger partial charge in [-0.1, -0.05) is 12.1 Å². The summed E-state index contributed by atoms with van der Waals surface area (Å²) in [6.07, 6.45) is 1.83. The van der Waals surface area contributed by atoms with E-state index in [0.717, 1.165) is 22.0 Å². The van der Waals surface area contributed by atoms with Crippen LogP contribution in [0.15, 0.2) is 35.5 Å². The molecule has 1 aromatic carbocycles. The van der Waals surface area contributed by atoms with Gasteiger partial charge in [-0.15, -0.1) is 35.3 Å². The molecule has 2 aromatic rings. The van der Waals surface area contributed by atoms with Gasteiger partial charge < -0.3 is 15.4 Å². The van der Waals surface area contributed by atoms with Crippen molar-refractivity contribution in [3.63, 3.8) is 0 Å². The highest BCUT2D eigenvalue weighted by Gasteiger charge is 2.05. The molecule has 0 saturated heterocycles. The minimum Gasteiger partial charge on any atom is -0.435 e. The van der Waals surface area contributed by atoms with Gasteiger partial charge in [0.25, 0.3) is 0 Å². The number of rotatable bonds is 7. The Hall–Kier alpha value is -1.49. The number of hydrogen-bond acceptors (Lipinski definition) is 4. The zero-order valence-electron chi connectivity index (χ0n) is 14.0. The maximum absolute atomic E-state index is 12.3. The Kier molecular flexibility index (Phi) is 9.65. The van der Waals surface area contributed by atoms with Crippen LogP contribution in [0.2, 0.25) is 0 Å². The predicted octanol–water partition coefficient (Wildman–Crippen LogP) is 3.93. The second-order valence-corrected chi connectivity index (χ2v) is 6.26. The van der Waals surface area contributed by atoms with E-state index < -0.39 is 6.61 Å². The number of halogens is 3. The molecule has 0 aliphatic carbocycles. The molecule has 0 unspecified atom stereocenters. The minimum absolute atomic E-state index is 0. The highest BCUT2D eigenvalue weighted by Crippen LogP contribution is 2.16. The van der Waals surface area contributed by atoms with Gasteiger partial charge in [0.05, 0.1) is 13.1 Å². The Labute approximate surface area is 166 Å². The van der Waals surface area contributed by atoms with Crippen LogP contribution in [0.1, 0.15) is 22.4 Å². The molecule has 0 bridgehead atoms. The molecule has 0 atom stereocenters. The molecular formula is C16H21F2IN4OS. The number of benzene rings is 1. The Balaban J connectivity index is 0.00000312. The van der Waals surface area contributed by atoms with E-state index in [1.165, 1.54) is 6.07 Å². The number of nitrogens with zero attached hydrogens (tertiary/aromatic N) is 2. The summed E-state index contributed by atoms with van der Waals surface area (Å²) < 4.78 is 28.9. The first-order valence-electron chi connectivity index (χ1n) is 7.54. The molecule has 0 amide bonds. The molecule has 138 valence electrons. The summed E-state index contributed by atoms with van der Waals surface area (Å²) in [7, 11) is 0. The van der Waals surface area contributed by atoms with Crippen molar-refractivity contribution in [1.29, 1.82) is 0 Å². The third-order valence-electron chi connectivity index (χ3n) is 2.96. The van der Waals surface area contributed by atoms with Crippen LogP contribution < -0.4 is 15.4 Å². The largest absolute Gasteiger partial charge is 0.435 e. The fourth-order valence-corrected chi connectivity index (χ4v) is 2.70. The highest BCUT2D eigenvalue weighted by atomic mass is 127. The van der Waals surface area contributed by atoms with Crippen LogP contribution in [0.3, 0.4) is 0 Å². The smallest absolute Gasteiger partial charge is 0.387 e. The monoisotopic (exact) mass is 482 g/mol. The van der Waals surface area contributed by atoms with Crippen molar-refractivity contribution in [1.82, 2.24) is 15.6 Å². The van der Waals surface area contributed by atoms with E-state index in [9.17, 15) is 8.78 Å². The van der Waals surface area contributed by atoms with Crippen LogP contribution >= 0.6 is 35.3 Å². The summed E-state index contributed by atoms with van der Waals surface area (Å²) in [6, 6.07) is 6.54. The van der Waals surface area contributed by atoms with Gasteiger partial charge in [0.2, 0.25) is 0 Å². The first-order chi connectivity index (χ1) is 11.6. The minimum atomic E-state index is -2.83. The standard InChI is InChI=1S/C16H20F2N4OS.HI/c1-3-19-16(22-10-14-20-8-11(2)24-14)21-9-12-5-4-6-13(7-12)23-15(17)18;/h4-8,15H,3,9-10H2,1-2H3,(H2,19,21,22);1H. The van der Waals surface area contributed by atoms with Gasteiger partial charge in [0.1, 0.15) is 10.8 Å². The highest BCUT2D eigenvalue weighted by molar-refractivity contribution is 14.0. The topological polar surface area (TPSA) is 58.5 Å². The zero-order valence-corrected chi connectivity index (χ0v) is 17.1. The van der Waals surface area contributed by atoms with E-state index in [4.69, 9.17) is 0 Å². The maximum atomic E-state index is 12.3. The second-order valence-electron chi connectivity index (χ2n) is 4.94. The van der Waals surface area contributed by atoms with Gasteiger partial charge in [-0.3, -0.25) is 0 Å². The number of aromatic nitrogens is 1. The van der Waals surface area contributed by atoms with Crippen molar-refractivity contribution in [2.75, 3.05) is 6.54 Å². The van der Waals surface area contributed by atoms with E-state index in [2.05, 4.69) is 25.3 Å². The number of guanidine groups is 1. The summed E-state index contributed by atoms with van der Waals surface area (Å²) in [4.78, 5) is 9.90. The predicted molar refractivity (Wildman–Crippen MR) is 107 cm³/mol. The average molecular weight is 482 g/mol. The molecule has 0 saturated carbocycles. The van der Waals surface area contributed by atoms with Crippen LogP contribution in [0.5, 0.6) is 5.75 Å². The van der Waals surface area contributed by atoms with Gasteiger partial charge in [-0.05, 0) is 31.5 Å². The number of alkyl halides is 2. The van der Waals surface area contributed by atoms with Crippen molar-refractivity contribution in [2.24, 2.45) is 4.99 Å². The molecule has 0 fully saturated rings. The molecule has 2 N–H and O–H groups in total. The molecule has 5 nitrogen and oxygen atoms in total. The molecule has 2 rings (SSSR count). The van der Waals surface area contributed by atoms with Gasteiger partial charge in [0, 0.05) is 17.6 Å². The van der Waals surface area contributed by atoms with E-state index in [0.29, 0.717) is 19.0 Å². The van der Waals surface area contributed by atoms with E-state index in [1.807, 2.05) is 26.1 Å². The fraction of sp³-hybridized carbons (Fsp3) is 0.375. The molecule has 0 spiro atoms. The normalized spacial score (nSPS) is 11.2. The van der Waals surface area contributed by atoms with E-state index in [1.54, 1.807) is 23.5 Å². The fourth-order valence-electron chi connectivity index (χ4n) is 1.97. The third-order valence-corrected chi connectivity index (χ3v) is 3.88. The molecule has 25 heavy (non-hydrogen) atoms. The Morgan fingerprint density at radius 1 is 1.36 bits per heavy atom. The summed E-state index contributed by atoms with van der Waals surface area (Å²) in [6.45, 7) is 2.81. The Morgan fingerprint density at radius 3 is 2.80 bits per heavy atom. The lowest BCUT2D eigenvalue weighted by Crippen LogP contribution is -2.36. The van der Waals surface area contributed by atoms with Crippen LogP contribution in [0, 0.1) is 6.92 Å². The van der Waals surface area contributed by atoms with Crippen molar-refractivity contribution < 1.29 is 13.5 Å². The number of thiazole rings is 1. The van der Waals surface area contributed by atoms with Crippen molar-refractivity contribution >= 4 is 41.3 Å². The quantitative estimate of drug-likeness (QED) is 0.357. The molecule has 9 heteroatoms. The van der Waals surface area contributed by atoms with Gasteiger partial charge in [-0.2, -0.15) is 8.78 Å². The number of aryl methyl sites for hydroxylation is 1. The summed E-state index contributed by atoms with van der Waals surface area (Å²) in [5.74, 6) is 0.777. The van der Waals surface area contributed by atoms with Gasteiger partial charge in [-0.25, -0.2) is 9.98 Å². The van der Waals surface area contributed by atoms with Gasteiger partial charge >= 0.3 is 6.61 Å². The lowest BCUT2D eigenvalue weighted by molar-refractivity contribution is -0.0498. The lowest BCUT2D eigenvalue weighted by atomic mass is 10.2. The average Bonchev–Trinajstić information content (AvgIpc) is 2.95. The molecular weight excluding hydrogens is 461 g/mol. The second kappa shape index (κ2) is 11.2. The molecule has 0 aliphatic rings. The van der Waals surface area contributed by atoms with Crippen LogP contribution in [0.4, 0.5) is 8.78 Å². The SMILES string of the molecule is CCNC(=NCc1cccc(OC(F)F)c1)NCc1ncc(C)s1.I. The Morgan fingerprint density at radius 2 is 2.16 bits per heavy atom. The van der Waals surface area contributed by atoms with E-state index >= 15 is 0 Å². The number of hydrogen-bond donors (Lipinski definition) is 2. The maximum Gasteiger partial charge on any atom is 0.387 e. The third kappa shape index (κ3) is 7.95. The molecule has 0 radical (unpaired) electrons. The first-order valence-corrected chi connectivity index (χ1v) is 8.35.